The molecular weight excluding hydrogens is 237 g/mol. The fraction of sp³-hybridized carbons (Fsp3) is 1.00. The van der Waals surface area contributed by atoms with Crippen molar-refractivity contribution >= 4 is 0 Å². The average molecular weight is 266 g/mol. The van der Waals surface area contributed by atoms with Crippen LogP contribution < -0.4 is 0 Å². The van der Waals surface area contributed by atoms with E-state index >= 15 is 0 Å². The van der Waals surface area contributed by atoms with Crippen LogP contribution in [-0.2, 0) is 0 Å². The highest BCUT2D eigenvalue weighted by Gasteiger charge is 2.50. The predicted molar refractivity (Wildman–Crippen MR) is 72.1 cm³/mol. The number of hydrogen-bond acceptors (Lipinski definition) is 0. The van der Waals surface area contributed by atoms with E-state index in [2.05, 4.69) is 0 Å². The molecule has 0 aromatic heterocycles. The molecule has 0 bridgehead atoms. The maximum atomic E-state index is 14.8. The van der Waals surface area contributed by atoms with Gasteiger partial charge in [0.1, 0.15) is 17.5 Å². The smallest absolute Gasteiger partial charge is 0.142 e. The normalized spacial score (nSPS) is 21.5. The second-order valence-electron chi connectivity index (χ2n) is 6.78. The Hall–Kier alpha value is -0.210. The van der Waals surface area contributed by atoms with E-state index < -0.39 is 29.3 Å². The van der Waals surface area contributed by atoms with Gasteiger partial charge in [-0.2, -0.15) is 0 Å². The van der Waals surface area contributed by atoms with Crippen LogP contribution in [0.3, 0.4) is 0 Å². The van der Waals surface area contributed by atoms with Gasteiger partial charge in [0.25, 0.3) is 0 Å². The SMILES string of the molecule is CCCC(F)C(C)(F)CC(C)(F)C(C)(C)C(C)C. The third-order valence-corrected chi connectivity index (χ3v) is 4.66. The lowest BCUT2D eigenvalue weighted by molar-refractivity contribution is -0.0686. The molecule has 0 nitrogen and oxygen atoms in total. The van der Waals surface area contributed by atoms with Crippen molar-refractivity contribution in [2.75, 3.05) is 0 Å². The summed E-state index contributed by atoms with van der Waals surface area (Å²) in [5, 5.41) is 0. The summed E-state index contributed by atoms with van der Waals surface area (Å²) >= 11 is 0. The Bertz CT molecular complexity index is 254. The quantitative estimate of drug-likeness (QED) is 0.558. The minimum Gasteiger partial charge on any atom is -0.244 e. The molecule has 0 amide bonds. The van der Waals surface area contributed by atoms with Crippen molar-refractivity contribution in [3.8, 4) is 0 Å². The van der Waals surface area contributed by atoms with Gasteiger partial charge >= 0.3 is 0 Å². The van der Waals surface area contributed by atoms with Gasteiger partial charge in [0.05, 0.1) is 0 Å². The average Bonchev–Trinajstić information content (AvgIpc) is 2.15. The molecular formula is C15H29F3. The van der Waals surface area contributed by atoms with Crippen molar-refractivity contribution in [1.29, 1.82) is 0 Å². The molecule has 18 heavy (non-hydrogen) atoms. The summed E-state index contributed by atoms with van der Waals surface area (Å²) < 4.78 is 42.9. The van der Waals surface area contributed by atoms with E-state index in [1.54, 1.807) is 20.8 Å². The fourth-order valence-electron chi connectivity index (χ4n) is 2.14. The summed E-state index contributed by atoms with van der Waals surface area (Å²) in [5.74, 6) is 0.0625. The summed E-state index contributed by atoms with van der Waals surface area (Å²) in [6, 6.07) is 0. The standard InChI is InChI=1S/C15H29F3/c1-8-9-12(16)14(6,17)10-15(7,18)13(4,5)11(2)3/h11-12H,8-10H2,1-7H3. The van der Waals surface area contributed by atoms with E-state index in [1.165, 1.54) is 13.8 Å². The minimum absolute atomic E-state index is 0.0625. The first-order chi connectivity index (χ1) is 7.88. The lowest BCUT2D eigenvalue weighted by atomic mass is 9.65. The van der Waals surface area contributed by atoms with Crippen LogP contribution in [0.5, 0.6) is 0 Å². The van der Waals surface area contributed by atoms with Gasteiger partial charge in [-0.25, -0.2) is 13.2 Å². The molecule has 0 fully saturated rings. The van der Waals surface area contributed by atoms with Crippen LogP contribution in [0, 0.1) is 11.3 Å². The summed E-state index contributed by atoms with van der Waals surface area (Å²) in [6.45, 7) is 11.8. The second kappa shape index (κ2) is 5.83. The van der Waals surface area contributed by atoms with E-state index in [0.717, 1.165) is 0 Å². The van der Waals surface area contributed by atoms with E-state index in [4.69, 9.17) is 0 Å². The zero-order valence-electron chi connectivity index (χ0n) is 12.9. The van der Waals surface area contributed by atoms with Crippen LogP contribution in [0.15, 0.2) is 0 Å². The molecule has 0 aliphatic rings. The topological polar surface area (TPSA) is 0 Å². The summed E-state index contributed by atoms with van der Waals surface area (Å²) in [5.41, 5.74) is -4.53. The molecule has 0 heterocycles. The summed E-state index contributed by atoms with van der Waals surface area (Å²) in [7, 11) is 0. The molecule has 0 aliphatic carbocycles. The molecule has 0 rings (SSSR count). The van der Waals surface area contributed by atoms with Gasteiger partial charge in [-0.3, -0.25) is 0 Å². The summed E-state index contributed by atoms with van der Waals surface area (Å²) in [4.78, 5) is 0. The Morgan fingerprint density at radius 1 is 1.00 bits per heavy atom. The Kier molecular flexibility index (Phi) is 5.76. The third-order valence-electron chi connectivity index (χ3n) is 4.66. The Balaban J connectivity index is 4.96. The number of alkyl halides is 3. The number of rotatable bonds is 7. The van der Waals surface area contributed by atoms with Crippen molar-refractivity contribution < 1.29 is 13.2 Å². The highest BCUT2D eigenvalue weighted by atomic mass is 19.2. The molecule has 3 atom stereocenters. The first-order valence-corrected chi connectivity index (χ1v) is 6.90. The van der Waals surface area contributed by atoms with Crippen molar-refractivity contribution in [1.82, 2.24) is 0 Å². The second-order valence-corrected chi connectivity index (χ2v) is 6.78. The van der Waals surface area contributed by atoms with Gasteiger partial charge in [0.2, 0.25) is 0 Å². The maximum Gasteiger partial charge on any atom is 0.142 e. The van der Waals surface area contributed by atoms with Crippen LogP contribution in [0.25, 0.3) is 0 Å². The van der Waals surface area contributed by atoms with Gasteiger partial charge in [-0.15, -0.1) is 0 Å². The summed E-state index contributed by atoms with van der Waals surface area (Å²) in [6.07, 6.45) is -1.28. The van der Waals surface area contributed by atoms with Crippen LogP contribution in [0.2, 0.25) is 0 Å². The van der Waals surface area contributed by atoms with E-state index in [9.17, 15) is 13.2 Å². The zero-order chi connectivity index (χ0) is 14.8. The molecule has 0 spiro atoms. The molecule has 0 aromatic carbocycles. The number of hydrogen-bond donors (Lipinski definition) is 0. The Labute approximate surface area is 110 Å². The van der Waals surface area contributed by atoms with E-state index in [0.29, 0.717) is 6.42 Å². The highest BCUT2D eigenvalue weighted by molar-refractivity contribution is 4.99. The molecule has 0 radical (unpaired) electrons. The van der Waals surface area contributed by atoms with Gasteiger partial charge < -0.3 is 0 Å². The molecule has 0 saturated carbocycles. The molecule has 0 aromatic rings. The maximum absolute atomic E-state index is 14.8. The van der Waals surface area contributed by atoms with Crippen molar-refractivity contribution in [2.24, 2.45) is 11.3 Å². The molecule has 0 aliphatic heterocycles. The van der Waals surface area contributed by atoms with Gasteiger partial charge in [0.15, 0.2) is 0 Å². The van der Waals surface area contributed by atoms with Gasteiger partial charge in [-0.05, 0) is 26.2 Å². The minimum atomic E-state index is -2.11. The predicted octanol–water partition coefficient (Wildman–Crippen LogP) is 5.65. The van der Waals surface area contributed by atoms with Gasteiger partial charge in [-0.1, -0.05) is 41.0 Å². The largest absolute Gasteiger partial charge is 0.244 e. The zero-order valence-corrected chi connectivity index (χ0v) is 12.9. The lowest BCUT2D eigenvalue weighted by Gasteiger charge is -2.44. The first-order valence-electron chi connectivity index (χ1n) is 6.90. The molecule has 0 saturated heterocycles. The van der Waals surface area contributed by atoms with Crippen LogP contribution in [0.4, 0.5) is 13.2 Å². The van der Waals surface area contributed by atoms with E-state index in [-0.39, 0.29) is 12.3 Å². The monoisotopic (exact) mass is 266 g/mol. The first kappa shape index (κ1) is 17.8. The number of halogens is 3. The molecule has 110 valence electrons. The third kappa shape index (κ3) is 3.89. The fourth-order valence-corrected chi connectivity index (χ4v) is 2.14. The van der Waals surface area contributed by atoms with Crippen molar-refractivity contribution in [2.45, 2.75) is 85.2 Å². The van der Waals surface area contributed by atoms with Gasteiger partial charge in [0, 0.05) is 11.8 Å². The van der Waals surface area contributed by atoms with Crippen molar-refractivity contribution in [3.05, 3.63) is 0 Å². The Morgan fingerprint density at radius 3 is 1.78 bits per heavy atom. The van der Waals surface area contributed by atoms with Crippen LogP contribution in [-0.4, -0.2) is 17.5 Å². The molecule has 0 N–H and O–H groups in total. The van der Waals surface area contributed by atoms with E-state index in [1.807, 2.05) is 13.8 Å². The Morgan fingerprint density at radius 2 is 1.44 bits per heavy atom. The van der Waals surface area contributed by atoms with Crippen LogP contribution >= 0.6 is 0 Å². The lowest BCUT2D eigenvalue weighted by Crippen LogP contribution is -2.48. The molecule has 3 unspecified atom stereocenters. The highest BCUT2D eigenvalue weighted by Crippen LogP contribution is 2.47. The van der Waals surface area contributed by atoms with Crippen molar-refractivity contribution in [3.63, 3.8) is 0 Å². The van der Waals surface area contributed by atoms with Crippen LogP contribution in [0.1, 0.15) is 67.7 Å². The molecule has 3 heteroatoms.